The lowest BCUT2D eigenvalue weighted by molar-refractivity contribution is -0.309. The van der Waals surface area contributed by atoms with Crippen molar-refractivity contribution < 1.29 is 33.4 Å². The Morgan fingerprint density at radius 2 is 1.92 bits per heavy atom. The first-order chi connectivity index (χ1) is 12.4. The monoisotopic (exact) mass is 364 g/mol. The standard InChI is InChI=1S/C16H16FN3O6/c17-9-1-3-10(4-2-9)20-15(24)14-11(18-16(20)25)5-6-19(14)12(21)7-26-8-13(22)23/h1-4,11,14H,5-8H2,(H,18,25)(H,22,23)/p-1/t11-,14+/m1/s1. The summed E-state index contributed by atoms with van der Waals surface area (Å²) in [4.78, 5) is 49.8. The third kappa shape index (κ3) is 3.36. The van der Waals surface area contributed by atoms with E-state index >= 15 is 0 Å². The third-order valence-electron chi connectivity index (χ3n) is 4.23. The van der Waals surface area contributed by atoms with Gasteiger partial charge in [-0.05, 0) is 30.7 Å². The predicted octanol–water partition coefficient (Wildman–Crippen LogP) is -1.38. The first kappa shape index (κ1) is 17.8. The molecular weight excluding hydrogens is 349 g/mol. The van der Waals surface area contributed by atoms with Crippen LogP contribution in [0.3, 0.4) is 0 Å². The van der Waals surface area contributed by atoms with Crippen LogP contribution in [0.15, 0.2) is 24.3 Å². The number of carbonyl (C=O) groups excluding carboxylic acids is 4. The fourth-order valence-corrected chi connectivity index (χ4v) is 3.12. The molecule has 1 aromatic rings. The maximum absolute atomic E-state index is 13.1. The number of likely N-dealkylation sites (tertiary alicyclic amines) is 1. The van der Waals surface area contributed by atoms with E-state index in [-0.39, 0.29) is 12.2 Å². The molecule has 2 heterocycles. The van der Waals surface area contributed by atoms with Gasteiger partial charge in [-0.3, -0.25) is 9.59 Å². The fourth-order valence-electron chi connectivity index (χ4n) is 3.12. The number of urea groups is 1. The zero-order valence-corrected chi connectivity index (χ0v) is 13.5. The molecule has 26 heavy (non-hydrogen) atoms. The highest BCUT2D eigenvalue weighted by Crippen LogP contribution is 2.27. The van der Waals surface area contributed by atoms with E-state index in [2.05, 4.69) is 5.32 Å². The number of anilines is 1. The summed E-state index contributed by atoms with van der Waals surface area (Å²) >= 11 is 0. The summed E-state index contributed by atoms with van der Waals surface area (Å²) in [6.45, 7) is -1.04. The SMILES string of the molecule is O=C([O-])COCC(=O)N1CC[C@H]2NC(=O)N(c3ccc(F)cc3)C(=O)[C@H]21. The minimum absolute atomic E-state index is 0.180. The van der Waals surface area contributed by atoms with Crippen LogP contribution in [0, 0.1) is 5.82 Å². The zero-order valence-electron chi connectivity index (χ0n) is 13.5. The number of benzene rings is 1. The summed E-state index contributed by atoms with van der Waals surface area (Å²) < 4.78 is 17.8. The number of hydrogen-bond donors (Lipinski definition) is 1. The van der Waals surface area contributed by atoms with Gasteiger partial charge in [0.15, 0.2) is 0 Å². The molecule has 2 aliphatic rings. The average Bonchev–Trinajstić information content (AvgIpc) is 3.00. The number of hydrogen-bond acceptors (Lipinski definition) is 6. The minimum atomic E-state index is -1.46. The maximum Gasteiger partial charge on any atom is 0.329 e. The summed E-state index contributed by atoms with van der Waals surface area (Å²) in [6.07, 6.45) is 0.381. The third-order valence-corrected chi connectivity index (χ3v) is 4.23. The lowest BCUT2D eigenvalue weighted by Crippen LogP contribution is -2.65. The highest BCUT2D eigenvalue weighted by atomic mass is 19.1. The molecule has 0 aromatic heterocycles. The molecule has 1 N–H and O–H groups in total. The fraction of sp³-hybridized carbons (Fsp3) is 0.375. The summed E-state index contributed by atoms with van der Waals surface area (Å²) in [7, 11) is 0. The van der Waals surface area contributed by atoms with E-state index in [1.54, 1.807) is 0 Å². The number of carboxylic acid groups (broad SMARTS) is 1. The molecule has 0 bridgehead atoms. The predicted molar refractivity (Wildman–Crippen MR) is 82.1 cm³/mol. The van der Waals surface area contributed by atoms with Crippen molar-refractivity contribution in [1.82, 2.24) is 10.2 Å². The Balaban J connectivity index is 1.77. The van der Waals surface area contributed by atoms with Crippen LogP contribution in [0.2, 0.25) is 0 Å². The van der Waals surface area contributed by atoms with E-state index in [1.807, 2.05) is 0 Å². The molecule has 0 unspecified atom stereocenters. The van der Waals surface area contributed by atoms with Crippen molar-refractivity contribution >= 4 is 29.5 Å². The van der Waals surface area contributed by atoms with Crippen LogP contribution in [0.25, 0.3) is 0 Å². The zero-order chi connectivity index (χ0) is 18.8. The number of halogens is 1. The molecule has 3 rings (SSSR count). The van der Waals surface area contributed by atoms with Gasteiger partial charge in [-0.25, -0.2) is 14.1 Å². The Labute approximate surface area is 147 Å². The molecule has 4 amide bonds. The van der Waals surface area contributed by atoms with Crippen molar-refractivity contribution in [1.29, 1.82) is 0 Å². The van der Waals surface area contributed by atoms with Gasteiger partial charge in [-0.1, -0.05) is 0 Å². The van der Waals surface area contributed by atoms with E-state index in [0.29, 0.717) is 6.42 Å². The van der Waals surface area contributed by atoms with Crippen LogP contribution in [0.1, 0.15) is 6.42 Å². The van der Waals surface area contributed by atoms with Crippen molar-refractivity contribution in [3.8, 4) is 0 Å². The molecule has 2 aliphatic heterocycles. The molecule has 138 valence electrons. The molecule has 0 saturated carbocycles. The molecule has 2 saturated heterocycles. The van der Waals surface area contributed by atoms with E-state index < -0.39 is 54.9 Å². The first-order valence-corrected chi connectivity index (χ1v) is 7.85. The van der Waals surface area contributed by atoms with Crippen molar-refractivity contribution in [2.24, 2.45) is 0 Å². The first-order valence-electron chi connectivity index (χ1n) is 7.85. The van der Waals surface area contributed by atoms with Gasteiger partial charge in [0, 0.05) is 6.54 Å². The normalized spacial score (nSPS) is 22.2. The Hall–Kier alpha value is -3.01. The van der Waals surface area contributed by atoms with Crippen LogP contribution < -0.4 is 15.3 Å². The molecule has 0 spiro atoms. The van der Waals surface area contributed by atoms with E-state index in [1.165, 1.54) is 17.0 Å². The van der Waals surface area contributed by atoms with Gasteiger partial charge in [-0.2, -0.15) is 0 Å². The second-order valence-corrected chi connectivity index (χ2v) is 5.89. The number of carboxylic acids is 1. The molecule has 0 aliphatic carbocycles. The van der Waals surface area contributed by atoms with E-state index in [0.717, 1.165) is 17.0 Å². The highest BCUT2D eigenvalue weighted by molar-refractivity contribution is 6.19. The summed E-state index contributed by atoms with van der Waals surface area (Å²) in [5.41, 5.74) is 0.180. The Morgan fingerprint density at radius 1 is 1.23 bits per heavy atom. The molecule has 2 atom stereocenters. The van der Waals surface area contributed by atoms with Crippen LogP contribution >= 0.6 is 0 Å². The van der Waals surface area contributed by atoms with Crippen LogP contribution in [0.5, 0.6) is 0 Å². The minimum Gasteiger partial charge on any atom is -0.548 e. The molecule has 1 aromatic carbocycles. The number of fused-ring (bicyclic) bond motifs is 1. The molecule has 9 nitrogen and oxygen atoms in total. The molecule has 0 radical (unpaired) electrons. The van der Waals surface area contributed by atoms with Crippen molar-refractivity contribution in [2.45, 2.75) is 18.5 Å². The summed E-state index contributed by atoms with van der Waals surface area (Å²) in [5.74, 6) is -3.15. The van der Waals surface area contributed by atoms with Gasteiger partial charge in [0.25, 0.3) is 5.91 Å². The van der Waals surface area contributed by atoms with Crippen LogP contribution in [0.4, 0.5) is 14.9 Å². The Morgan fingerprint density at radius 3 is 2.58 bits per heavy atom. The van der Waals surface area contributed by atoms with E-state index in [9.17, 15) is 28.7 Å². The lowest BCUT2D eigenvalue weighted by Gasteiger charge is -2.36. The van der Waals surface area contributed by atoms with Crippen molar-refractivity contribution in [3.05, 3.63) is 30.1 Å². The second kappa shape index (κ2) is 7.08. The van der Waals surface area contributed by atoms with Gasteiger partial charge in [0.1, 0.15) is 18.5 Å². The van der Waals surface area contributed by atoms with Crippen molar-refractivity contribution in [2.75, 3.05) is 24.7 Å². The average molecular weight is 364 g/mol. The largest absolute Gasteiger partial charge is 0.548 e. The number of carbonyl (C=O) groups is 4. The van der Waals surface area contributed by atoms with Gasteiger partial charge in [0.2, 0.25) is 5.91 Å². The van der Waals surface area contributed by atoms with Crippen molar-refractivity contribution in [3.63, 3.8) is 0 Å². The topological polar surface area (TPSA) is 119 Å². The molecule has 10 heteroatoms. The molecular formula is C16H15FN3O6-. The number of rotatable bonds is 5. The second-order valence-electron chi connectivity index (χ2n) is 5.89. The van der Waals surface area contributed by atoms with Crippen LogP contribution in [-0.4, -0.2) is 60.6 Å². The van der Waals surface area contributed by atoms with Gasteiger partial charge < -0.3 is 24.9 Å². The quantitative estimate of drug-likeness (QED) is 0.688. The maximum atomic E-state index is 13.1. The number of ether oxygens (including phenoxy) is 1. The van der Waals surface area contributed by atoms with Crippen LogP contribution in [-0.2, 0) is 19.1 Å². The van der Waals surface area contributed by atoms with Gasteiger partial charge in [-0.15, -0.1) is 0 Å². The number of imide groups is 1. The number of aliphatic carboxylic acids is 1. The Bertz CT molecular complexity index is 753. The molecule has 2 fully saturated rings. The smallest absolute Gasteiger partial charge is 0.329 e. The number of nitrogens with one attached hydrogen (secondary N) is 1. The highest BCUT2D eigenvalue weighted by Gasteiger charge is 2.49. The van der Waals surface area contributed by atoms with Gasteiger partial charge >= 0.3 is 6.03 Å². The van der Waals surface area contributed by atoms with E-state index in [4.69, 9.17) is 4.74 Å². The lowest BCUT2D eigenvalue weighted by atomic mass is 10.0. The summed E-state index contributed by atoms with van der Waals surface area (Å²) in [5, 5.41) is 13.0. The number of amides is 4. The Kier molecular flexibility index (Phi) is 4.85. The summed E-state index contributed by atoms with van der Waals surface area (Å²) in [6, 6.07) is 2.69. The number of nitrogens with zero attached hydrogens (tertiary/aromatic N) is 2. The van der Waals surface area contributed by atoms with Gasteiger partial charge in [0.05, 0.1) is 24.3 Å².